The molecular formula is C8H14N4O2S. The Kier molecular flexibility index (Phi) is 4.57. The zero-order chi connectivity index (χ0) is 11.3. The molecule has 0 atom stereocenters. The lowest BCUT2D eigenvalue weighted by atomic mass is 10.6. The van der Waals surface area contributed by atoms with Crippen LogP contribution in [0.15, 0.2) is 5.16 Å². The van der Waals surface area contributed by atoms with Crippen molar-refractivity contribution in [2.75, 3.05) is 12.4 Å². The first-order valence-corrected chi connectivity index (χ1v) is 5.54. The van der Waals surface area contributed by atoms with Crippen LogP contribution in [0, 0.1) is 0 Å². The van der Waals surface area contributed by atoms with Crippen molar-refractivity contribution in [3.05, 3.63) is 5.82 Å². The van der Waals surface area contributed by atoms with E-state index in [2.05, 4.69) is 10.2 Å². The minimum absolute atomic E-state index is 0.240. The Labute approximate surface area is 92.2 Å². The molecule has 1 heterocycles. The fourth-order valence-corrected chi connectivity index (χ4v) is 1.70. The van der Waals surface area contributed by atoms with E-state index >= 15 is 0 Å². The van der Waals surface area contributed by atoms with Crippen LogP contribution in [0.25, 0.3) is 0 Å². The predicted molar refractivity (Wildman–Crippen MR) is 56.3 cm³/mol. The van der Waals surface area contributed by atoms with Gasteiger partial charge >= 0.3 is 5.97 Å². The van der Waals surface area contributed by atoms with Gasteiger partial charge in [0.05, 0.1) is 18.9 Å². The zero-order valence-electron chi connectivity index (χ0n) is 8.77. The summed E-state index contributed by atoms with van der Waals surface area (Å²) in [6.45, 7) is 2.51. The van der Waals surface area contributed by atoms with E-state index in [1.54, 1.807) is 11.5 Å². The molecule has 0 saturated heterocycles. The molecule has 0 radical (unpaired) electrons. The number of nitrogens with zero attached hydrogens (tertiary/aromatic N) is 3. The maximum Gasteiger partial charge on any atom is 0.316 e. The van der Waals surface area contributed by atoms with Crippen molar-refractivity contribution in [2.45, 2.75) is 18.6 Å². The van der Waals surface area contributed by atoms with Gasteiger partial charge in [0.15, 0.2) is 5.16 Å². The summed E-state index contributed by atoms with van der Waals surface area (Å²) in [4.78, 5) is 11.1. The third kappa shape index (κ3) is 3.21. The summed E-state index contributed by atoms with van der Waals surface area (Å²) < 4.78 is 6.56. The lowest BCUT2D eigenvalue weighted by Gasteiger charge is -2.02. The van der Waals surface area contributed by atoms with Gasteiger partial charge in [0, 0.05) is 7.05 Å². The van der Waals surface area contributed by atoms with Crippen molar-refractivity contribution in [3.8, 4) is 0 Å². The van der Waals surface area contributed by atoms with Crippen molar-refractivity contribution in [1.29, 1.82) is 0 Å². The van der Waals surface area contributed by atoms with E-state index in [0.29, 0.717) is 24.1 Å². The van der Waals surface area contributed by atoms with E-state index in [0.717, 1.165) is 0 Å². The summed E-state index contributed by atoms with van der Waals surface area (Å²) in [6, 6.07) is 0. The summed E-state index contributed by atoms with van der Waals surface area (Å²) in [5.74, 6) is 0.686. The van der Waals surface area contributed by atoms with Crippen molar-refractivity contribution >= 4 is 17.7 Å². The summed E-state index contributed by atoms with van der Waals surface area (Å²) in [5.41, 5.74) is 5.44. The van der Waals surface area contributed by atoms with Crippen LogP contribution >= 0.6 is 11.8 Å². The number of rotatable bonds is 5. The fraction of sp³-hybridized carbons (Fsp3) is 0.625. The van der Waals surface area contributed by atoms with E-state index in [1.807, 2.05) is 7.05 Å². The highest BCUT2D eigenvalue weighted by Crippen LogP contribution is 2.15. The Hall–Kier alpha value is -1.08. The van der Waals surface area contributed by atoms with Crippen LogP contribution in [-0.4, -0.2) is 33.1 Å². The van der Waals surface area contributed by atoms with Crippen molar-refractivity contribution in [1.82, 2.24) is 14.8 Å². The minimum atomic E-state index is -0.250. The number of nitrogens with two attached hydrogens (primary N) is 1. The Balaban J connectivity index is 2.50. The van der Waals surface area contributed by atoms with Crippen molar-refractivity contribution in [3.63, 3.8) is 0 Å². The number of carbonyl (C=O) groups is 1. The number of ether oxygens (including phenoxy) is 1. The quantitative estimate of drug-likeness (QED) is 0.563. The Bertz CT molecular complexity index is 339. The number of hydrogen-bond donors (Lipinski definition) is 1. The highest BCUT2D eigenvalue weighted by atomic mass is 32.2. The maximum absolute atomic E-state index is 11.1. The topological polar surface area (TPSA) is 83.0 Å². The van der Waals surface area contributed by atoms with Crippen LogP contribution in [0.4, 0.5) is 0 Å². The van der Waals surface area contributed by atoms with Gasteiger partial charge in [-0.15, -0.1) is 10.2 Å². The molecule has 2 N–H and O–H groups in total. The van der Waals surface area contributed by atoms with E-state index in [9.17, 15) is 4.79 Å². The molecule has 0 aliphatic heterocycles. The first kappa shape index (κ1) is 12.0. The van der Waals surface area contributed by atoms with Crippen LogP contribution in [0.1, 0.15) is 12.7 Å². The number of thioether (sulfide) groups is 1. The summed E-state index contributed by atoms with van der Waals surface area (Å²) in [7, 11) is 1.82. The highest BCUT2D eigenvalue weighted by Gasteiger charge is 2.10. The van der Waals surface area contributed by atoms with E-state index in [-0.39, 0.29) is 11.7 Å². The maximum atomic E-state index is 11.1. The molecule has 0 aliphatic rings. The van der Waals surface area contributed by atoms with Crippen LogP contribution in [-0.2, 0) is 23.1 Å². The van der Waals surface area contributed by atoms with Crippen molar-refractivity contribution < 1.29 is 9.53 Å². The third-order valence-electron chi connectivity index (χ3n) is 1.73. The molecule has 7 heteroatoms. The smallest absolute Gasteiger partial charge is 0.316 e. The molecule has 0 unspecified atom stereocenters. The van der Waals surface area contributed by atoms with Crippen molar-refractivity contribution in [2.24, 2.45) is 12.8 Å². The number of hydrogen-bond acceptors (Lipinski definition) is 6. The molecule has 15 heavy (non-hydrogen) atoms. The highest BCUT2D eigenvalue weighted by molar-refractivity contribution is 7.99. The van der Waals surface area contributed by atoms with Gasteiger partial charge in [0.25, 0.3) is 0 Å². The SMILES string of the molecule is CCOC(=O)CSc1nnc(CN)n1C. The average Bonchev–Trinajstić information content (AvgIpc) is 2.57. The van der Waals surface area contributed by atoms with Gasteiger partial charge < -0.3 is 15.0 Å². The second-order valence-corrected chi connectivity index (χ2v) is 3.70. The number of aromatic nitrogens is 3. The van der Waals surface area contributed by atoms with E-state index < -0.39 is 0 Å². The standard InChI is InChI=1S/C8H14N4O2S/c1-3-14-7(13)5-15-8-11-10-6(4-9)12(8)2/h3-5,9H2,1-2H3. The second-order valence-electron chi connectivity index (χ2n) is 2.76. The molecule has 1 aromatic heterocycles. The molecule has 0 aromatic carbocycles. The Morgan fingerprint density at radius 3 is 2.87 bits per heavy atom. The molecule has 0 aliphatic carbocycles. The molecular weight excluding hydrogens is 216 g/mol. The molecule has 0 bridgehead atoms. The molecule has 6 nitrogen and oxygen atoms in total. The van der Waals surface area contributed by atoms with Gasteiger partial charge in [-0.3, -0.25) is 4.79 Å². The second kappa shape index (κ2) is 5.72. The lowest BCUT2D eigenvalue weighted by Crippen LogP contribution is -2.08. The summed E-state index contributed by atoms with van der Waals surface area (Å²) in [5, 5.41) is 8.45. The molecule has 0 amide bonds. The average molecular weight is 230 g/mol. The van der Waals surface area contributed by atoms with Gasteiger partial charge in [-0.25, -0.2) is 0 Å². The molecule has 1 aromatic rings. The molecule has 0 saturated carbocycles. The lowest BCUT2D eigenvalue weighted by molar-refractivity contribution is -0.139. The molecule has 0 fully saturated rings. The van der Waals surface area contributed by atoms with Crippen LogP contribution in [0.5, 0.6) is 0 Å². The van der Waals surface area contributed by atoms with E-state index in [4.69, 9.17) is 10.5 Å². The van der Waals surface area contributed by atoms with Crippen LogP contribution < -0.4 is 5.73 Å². The predicted octanol–water partition coefficient (Wildman–Crippen LogP) is -0.0710. The monoisotopic (exact) mass is 230 g/mol. The fourth-order valence-electron chi connectivity index (χ4n) is 0.975. The largest absolute Gasteiger partial charge is 0.465 e. The molecule has 84 valence electrons. The first-order chi connectivity index (χ1) is 7.19. The van der Waals surface area contributed by atoms with Crippen LogP contribution in [0.2, 0.25) is 0 Å². The van der Waals surface area contributed by atoms with Gasteiger partial charge in [0.1, 0.15) is 5.82 Å². The minimum Gasteiger partial charge on any atom is -0.465 e. The van der Waals surface area contributed by atoms with Gasteiger partial charge in [-0.1, -0.05) is 11.8 Å². The van der Waals surface area contributed by atoms with E-state index in [1.165, 1.54) is 11.8 Å². The summed E-state index contributed by atoms with van der Waals surface area (Å²) >= 11 is 1.29. The van der Waals surface area contributed by atoms with Crippen LogP contribution in [0.3, 0.4) is 0 Å². The third-order valence-corrected chi connectivity index (χ3v) is 2.73. The van der Waals surface area contributed by atoms with Gasteiger partial charge in [-0.2, -0.15) is 0 Å². The molecule has 0 spiro atoms. The normalized spacial score (nSPS) is 10.3. The summed E-state index contributed by atoms with van der Waals surface area (Å²) in [6.07, 6.45) is 0. The Morgan fingerprint density at radius 2 is 2.33 bits per heavy atom. The number of carbonyl (C=O) groups excluding carboxylic acids is 1. The first-order valence-electron chi connectivity index (χ1n) is 4.55. The van der Waals surface area contributed by atoms with Gasteiger partial charge in [0.2, 0.25) is 0 Å². The number of esters is 1. The molecule has 1 rings (SSSR count). The van der Waals surface area contributed by atoms with Gasteiger partial charge in [-0.05, 0) is 6.92 Å². The Morgan fingerprint density at radius 1 is 1.60 bits per heavy atom. The zero-order valence-corrected chi connectivity index (χ0v) is 9.58.